The Kier molecular flexibility index (Phi) is 6.68. The quantitative estimate of drug-likeness (QED) is 0.825. The summed E-state index contributed by atoms with van der Waals surface area (Å²) in [6.45, 7) is 7.80. The first-order chi connectivity index (χ1) is 8.69. The van der Waals surface area contributed by atoms with Crippen molar-refractivity contribution >= 4 is 17.5 Å². The predicted molar refractivity (Wildman–Crippen MR) is 74.0 cm³/mol. The largest absolute Gasteiger partial charge is 0.351 e. The molecule has 5 heteroatoms. The number of rotatable bonds is 7. The van der Waals surface area contributed by atoms with Gasteiger partial charge in [0.1, 0.15) is 0 Å². The monoisotopic (exact) mass is 269 g/mol. The molecule has 1 rings (SSSR count). The normalized spacial score (nSPS) is 10.7. The van der Waals surface area contributed by atoms with Crippen molar-refractivity contribution in [2.45, 2.75) is 20.3 Å². The summed E-state index contributed by atoms with van der Waals surface area (Å²) < 4.78 is 0. The molecule has 0 aliphatic heterocycles. The third-order valence-corrected chi connectivity index (χ3v) is 3.04. The fraction of sp³-hybridized carbons (Fsp3) is 0.538. The highest BCUT2D eigenvalue weighted by Gasteiger charge is 2.09. The molecule has 0 unspecified atom stereocenters. The minimum absolute atomic E-state index is 0.166. The zero-order valence-electron chi connectivity index (χ0n) is 10.9. The number of nitrogens with zero attached hydrogens (tertiary/aromatic N) is 2. The van der Waals surface area contributed by atoms with Crippen molar-refractivity contribution in [2.75, 3.05) is 26.2 Å². The number of hydrogen-bond acceptors (Lipinski definition) is 3. The van der Waals surface area contributed by atoms with Crippen LogP contribution in [0.2, 0.25) is 5.02 Å². The summed E-state index contributed by atoms with van der Waals surface area (Å²) in [7, 11) is 0. The highest BCUT2D eigenvalue weighted by atomic mass is 35.5. The van der Waals surface area contributed by atoms with E-state index in [2.05, 4.69) is 29.0 Å². The van der Waals surface area contributed by atoms with Gasteiger partial charge < -0.3 is 10.2 Å². The molecule has 0 aliphatic rings. The molecule has 0 saturated carbocycles. The molecule has 100 valence electrons. The smallest absolute Gasteiger partial charge is 0.254 e. The molecule has 0 atom stereocenters. The van der Waals surface area contributed by atoms with Gasteiger partial charge in [0.2, 0.25) is 0 Å². The maximum atomic E-state index is 11.8. The van der Waals surface area contributed by atoms with Crippen molar-refractivity contribution in [1.82, 2.24) is 15.2 Å². The van der Waals surface area contributed by atoms with Gasteiger partial charge in [-0.15, -0.1) is 0 Å². The van der Waals surface area contributed by atoms with Crippen LogP contribution >= 0.6 is 11.6 Å². The number of carbonyl (C=O) groups is 1. The van der Waals surface area contributed by atoms with Crippen LogP contribution in [0.1, 0.15) is 30.6 Å². The number of aromatic nitrogens is 1. The number of nitrogens with one attached hydrogen (secondary N) is 1. The van der Waals surface area contributed by atoms with Crippen LogP contribution < -0.4 is 5.32 Å². The Bertz CT molecular complexity index is 384. The van der Waals surface area contributed by atoms with Gasteiger partial charge in [-0.25, -0.2) is 0 Å². The summed E-state index contributed by atoms with van der Waals surface area (Å²) in [6, 6.07) is 1.62. The average molecular weight is 270 g/mol. The molecule has 0 radical (unpaired) electrons. The summed E-state index contributed by atoms with van der Waals surface area (Å²) in [5, 5.41) is 3.29. The molecule has 4 nitrogen and oxygen atoms in total. The second kappa shape index (κ2) is 8.06. The van der Waals surface area contributed by atoms with Crippen LogP contribution in [0.3, 0.4) is 0 Å². The number of halogens is 1. The number of pyridine rings is 1. The summed E-state index contributed by atoms with van der Waals surface area (Å²) >= 11 is 5.93. The fourth-order valence-electron chi connectivity index (χ4n) is 1.71. The zero-order chi connectivity index (χ0) is 13.4. The number of amides is 1. The van der Waals surface area contributed by atoms with Crippen LogP contribution in [-0.2, 0) is 0 Å². The Hall–Kier alpha value is -1.13. The lowest BCUT2D eigenvalue weighted by molar-refractivity contribution is 0.0948. The SMILES string of the molecule is CCCN(CC)CCNC(=O)c1cnccc1Cl. The van der Waals surface area contributed by atoms with E-state index in [0.29, 0.717) is 17.1 Å². The topological polar surface area (TPSA) is 45.2 Å². The van der Waals surface area contributed by atoms with Gasteiger partial charge in [0, 0.05) is 25.5 Å². The lowest BCUT2D eigenvalue weighted by Crippen LogP contribution is -2.35. The summed E-state index contributed by atoms with van der Waals surface area (Å²) in [5.74, 6) is -0.166. The van der Waals surface area contributed by atoms with Gasteiger partial charge in [-0.05, 0) is 25.6 Å². The van der Waals surface area contributed by atoms with Crippen molar-refractivity contribution < 1.29 is 4.79 Å². The Morgan fingerprint density at radius 1 is 1.44 bits per heavy atom. The number of hydrogen-bond donors (Lipinski definition) is 1. The van der Waals surface area contributed by atoms with Crippen LogP contribution in [0.4, 0.5) is 0 Å². The second-order valence-electron chi connectivity index (χ2n) is 4.05. The lowest BCUT2D eigenvalue weighted by Gasteiger charge is -2.19. The van der Waals surface area contributed by atoms with E-state index in [9.17, 15) is 4.79 Å². The fourth-order valence-corrected chi connectivity index (χ4v) is 1.90. The van der Waals surface area contributed by atoms with Gasteiger partial charge in [0.05, 0.1) is 10.6 Å². The Morgan fingerprint density at radius 2 is 2.22 bits per heavy atom. The summed E-state index contributed by atoms with van der Waals surface area (Å²) in [5.41, 5.74) is 0.428. The standard InChI is InChI=1S/C13H20ClN3O/c1-3-8-17(4-2)9-7-16-13(18)11-10-15-6-5-12(11)14/h5-6,10H,3-4,7-9H2,1-2H3,(H,16,18). The van der Waals surface area contributed by atoms with Crippen LogP contribution in [0.15, 0.2) is 18.5 Å². The van der Waals surface area contributed by atoms with E-state index >= 15 is 0 Å². The van der Waals surface area contributed by atoms with Gasteiger partial charge >= 0.3 is 0 Å². The van der Waals surface area contributed by atoms with Crippen LogP contribution in [0.25, 0.3) is 0 Å². The molecule has 0 fully saturated rings. The zero-order valence-corrected chi connectivity index (χ0v) is 11.7. The molecular formula is C13H20ClN3O. The first-order valence-corrected chi connectivity index (χ1v) is 6.66. The van der Waals surface area contributed by atoms with E-state index in [1.807, 2.05) is 0 Å². The van der Waals surface area contributed by atoms with E-state index in [4.69, 9.17) is 11.6 Å². The maximum Gasteiger partial charge on any atom is 0.254 e. The third kappa shape index (κ3) is 4.63. The minimum Gasteiger partial charge on any atom is -0.351 e. The van der Waals surface area contributed by atoms with Gasteiger partial charge in [-0.2, -0.15) is 0 Å². The van der Waals surface area contributed by atoms with E-state index in [1.54, 1.807) is 12.3 Å². The van der Waals surface area contributed by atoms with Crippen LogP contribution in [0.5, 0.6) is 0 Å². The molecule has 1 heterocycles. The maximum absolute atomic E-state index is 11.8. The van der Waals surface area contributed by atoms with Crippen LogP contribution in [-0.4, -0.2) is 42.0 Å². The molecule has 0 spiro atoms. The lowest BCUT2D eigenvalue weighted by atomic mass is 10.2. The van der Waals surface area contributed by atoms with Crippen molar-refractivity contribution in [3.63, 3.8) is 0 Å². The Balaban J connectivity index is 2.40. The second-order valence-corrected chi connectivity index (χ2v) is 4.45. The predicted octanol–water partition coefficient (Wildman–Crippen LogP) is 2.20. The molecule has 0 aliphatic carbocycles. The average Bonchev–Trinajstić information content (AvgIpc) is 2.38. The van der Waals surface area contributed by atoms with Crippen LogP contribution in [0, 0.1) is 0 Å². The number of likely N-dealkylation sites (N-methyl/N-ethyl adjacent to an activating group) is 1. The molecule has 1 aromatic heterocycles. The molecular weight excluding hydrogens is 250 g/mol. The minimum atomic E-state index is -0.166. The molecule has 0 aromatic carbocycles. The van der Waals surface area contributed by atoms with Gasteiger partial charge in [0.25, 0.3) is 5.91 Å². The Labute approximate surface area is 113 Å². The van der Waals surface area contributed by atoms with E-state index in [0.717, 1.165) is 26.1 Å². The molecule has 1 aromatic rings. The molecule has 0 saturated heterocycles. The highest BCUT2D eigenvalue weighted by molar-refractivity contribution is 6.33. The van der Waals surface area contributed by atoms with E-state index < -0.39 is 0 Å². The van der Waals surface area contributed by atoms with Gasteiger partial charge in [-0.3, -0.25) is 9.78 Å². The van der Waals surface area contributed by atoms with E-state index in [1.165, 1.54) is 6.20 Å². The number of carbonyl (C=O) groups excluding carboxylic acids is 1. The van der Waals surface area contributed by atoms with Crippen molar-refractivity contribution in [3.05, 3.63) is 29.0 Å². The van der Waals surface area contributed by atoms with Crippen molar-refractivity contribution in [3.8, 4) is 0 Å². The first-order valence-electron chi connectivity index (χ1n) is 6.29. The van der Waals surface area contributed by atoms with E-state index in [-0.39, 0.29) is 5.91 Å². The summed E-state index contributed by atoms with van der Waals surface area (Å²) in [4.78, 5) is 18.0. The first kappa shape index (κ1) is 14.9. The van der Waals surface area contributed by atoms with Crippen molar-refractivity contribution in [1.29, 1.82) is 0 Å². The highest BCUT2D eigenvalue weighted by Crippen LogP contribution is 2.12. The van der Waals surface area contributed by atoms with Gasteiger partial charge in [0.15, 0.2) is 0 Å². The van der Waals surface area contributed by atoms with Crippen molar-refractivity contribution in [2.24, 2.45) is 0 Å². The molecule has 1 amide bonds. The molecule has 1 N–H and O–H groups in total. The van der Waals surface area contributed by atoms with Gasteiger partial charge in [-0.1, -0.05) is 25.4 Å². The Morgan fingerprint density at radius 3 is 2.83 bits per heavy atom. The summed E-state index contributed by atoms with van der Waals surface area (Å²) in [6.07, 6.45) is 4.18. The molecule has 18 heavy (non-hydrogen) atoms. The third-order valence-electron chi connectivity index (χ3n) is 2.71. The molecule has 0 bridgehead atoms.